The topological polar surface area (TPSA) is 86.6 Å². The van der Waals surface area contributed by atoms with E-state index < -0.39 is 33.7 Å². The van der Waals surface area contributed by atoms with Gasteiger partial charge in [-0.2, -0.15) is 0 Å². The van der Waals surface area contributed by atoms with Gasteiger partial charge < -0.3 is 10.2 Å². The van der Waals surface area contributed by atoms with Crippen LogP contribution in [0.5, 0.6) is 0 Å². The number of hydrogen-bond acceptors (Lipinski definition) is 4. The fraction of sp³-hybridized carbons (Fsp3) is 0.684. The summed E-state index contributed by atoms with van der Waals surface area (Å²) in [5.74, 6) is 0.278. The molecule has 1 aromatic rings. The molecule has 2 saturated carbocycles. The molecular weight excluding hydrogens is 338 g/mol. The van der Waals surface area contributed by atoms with Gasteiger partial charge in [0.25, 0.3) is 0 Å². The van der Waals surface area contributed by atoms with Crippen LogP contribution in [0.2, 0.25) is 0 Å². The number of aliphatic hydroxyl groups is 2. The fourth-order valence-corrected chi connectivity index (χ4v) is 7.25. The van der Waals surface area contributed by atoms with Crippen molar-refractivity contribution in [2.75, 3.05) is 5.75 Å². The number of hydrogen-bond donors (Lipinski definition) is 3. The molecule has 0 aromatic heterocycles. The summed E-state index contributed by atoms with van der Waals surface area (Å²) < 4.78 is 28.6. The monoisotopic (exact) mass is 367 g/mol. The van der Waals surface area contributed by atoms with E-state index in [0.29, 0.717) is 12.3 Å². The molecule has 0 radical (unpaired) electrons. The zero-order valence-electron chi connectivity index (χ0n) is 15.1. The van der Waals surface area contributed by atoms with Gasteiger partial charge in [0.15, 0.2) is 0 Å². The first kappa shape index (κ1) is 18.8. The van der Waals surface area contributed by atoms with E-state index in [9.17, 15) is 18.6 Å². The Labute approximate surface area is 150 Å². The Morgan fingerprint density at radius 3 is 2.40 bits per heavy atom. The second-order valence-corrected chi connectivity index (χ2v) is 10.1. The molecule has 3 rings (SSSR count). The van der Waals surface area contributed by atoms with E-state index in [-0.39, 0.29) is 11.2 Å². The van der Waals surface area contributed by atoms with Crippen molar-refractivity contribution in [1.29, 1.82) is 0 Å². The molecule has 25 heavy (non-hydrogen) atoms. The van der Waals surface area contributed by atoms with Gasteiger partial charge in [0, 0.05) is 5.41 Å². The molecule has 1 aromatic carbocycles. The molecule has 2 aliphatic carbocycles. The Morgan fingerprint density at radius 1 is 1.28 bits per heavy atom. The number of benzene rings is 1. The maximum atomic E-state index is 13.0. The van der Waals surface area contributed by atoms with Crippen molar-refractivity contribution >= 4 is 10.0 Å². The minimum Gasteiger partial charge on any atom is -0.392 e. The summed E-state index contributed by atoms with van der Waals surface area (Å²) in [5, 5.41) is 20.7. The standard InChI is InChI=1S/C19H29NO4S/c1-13(21)17(14-7-5-4-6-8-14)20-25(23,24)12-19-10-9-15(11-16(19)22)18(19,2)3/h4-8,13,15-17,20-22H,9-12H2,1-3H3. The number of sulfonamides is 1. The largest absolute Gasteiger partial charge is 0.392 e. The van der Waals surface area contributed by atoms with Crippen LogP contribution in [0.15, 0.2) is 30.3 Å². The Hall–Kier alpha value is -0.950. The quantitative estimate of drug-likeness (QED) is 0.719. The predicted molar refractivity (Wildman–Crippen MR) is 97.3 cm³/mol. The lowest BCUT2D eigenvalue weighted by Gasteiger charge is -2.40. The first-order valence-electron chi connectivity index (χ1n) is 9.00. The molecular formula is C19H29NO4S. The Balaban J connectivity index is 1.85. The van der Waals surface area contributed by atoms with Gasteiger partial charge in [-0.25, -0.2) is 13.1 Å². The van der Waals surface area contributed by atoms with Crippen molar-refractivity contribution in [2.24, 2.45) is 16.7 Å². The summed E-state index contributed by atoms with van der Waals surface area (Å²) in [6.45, 7) is 5.75. The van der Waals surface area contributed by atoms with E-state index in [1.807, 2.05) is 18.2 Å². The number of fused-ring (bicyclic) bond motifs is 2. The van der Waals surface area contributed by atoms with Crippen LogP contribution in [-0.2, 0) is 10.0 Å². The summed E-state index contributed by atoms with van der Waals surface area (Å²) in [6.07, 6.45) is 0.948. The molecule has 6 heteroatoms. The zero-order chi connectivity index (χ0) is 18.5. The Kier molecular flexibility index (Phi) is 4.77. The van der Waals surface area contributed by atoms with Crippen LogP contribution in [-0.4, -0.2) is 36.6 Å². The second-order valence-electron chi connectivity index (χ2n) is 8.37. The first-order chi connectivity index (χ1) is 11.6. The molecule has 2 fully saturated rings. The second kappa shape index (κ2) is 6.34. The van der Waals surface area contributed by atoms with Crippen molar-refractivity contribution in [3.05, 3.63) is 35.9 Å². The number of nitrogens with one attached hydrogen (secondary N) is 1. The van der Waals surface area contributed by atoms with Gasteiger partial charge in [0.2, 0.25) is 10.0 Å². The highest BCUT2D eigenvalue weighted by molar-refractivity contribution is 7.89. The molecule has 0 saturated heterocycles. The van der Waals surface area contributed by atoms with Gasteiger partial charge in [0.05, 0.1) is 24.0 Å². The van der Waals surface area contributed by atoms with Gasteiger partial charge in [-0.1, -0.05) is 44.2 Å². The third-order valence-electron chi connectivity index (χ3n) is 6.78. The van der Waals surface area contributed by atoms with Gasteiger partial charge in [-0.15, -0.1) is 0 Å². The summed E-state index contributed by atoms with van der Waals surface area (Å²) in [5.41, 5.74) is -0.0772. The molecule has 0 spiro atoms. The van der Waals surface area contributed by atoms with Crippen LogP contribution < -0.4 is 4.72 Å². The third kappa shape index (κ3) is 3.14. The maximum absolute atomic E-state index is 13.0. The Morgan fingerprint density at radius 2 is 1.92 bits per heavy atom. The molecule has 0 heterocycles. The summed E-state index contributed by atoms with van der Waals surface area (Å²) in [7, 11) is -3.68. The summed E-state index contributed by atoms with van der Waals surface area (Å²) in [6, 6.07) is 8.41. The van der Waals surface area contributed by atoms with Crippen LogP contribution >= 0.6 is 0 Å². The fourth-order valence-electron chi connectivity index (χ4n) is 5.06. The minimum absolute atomic E-state index is 0.0965. The van der Waals surface area contributed by atoms with Crippen molar-refractivity contribution in [1.82, 2.24) is 4.72 Å². The highest BCUT2D eigenvalue weighted by Gasteiger charge is 2.65. The summed E-state index contributed by atoms with van der Waals surface area (Å²) >= 11 is 0. The van der Waals surface area contributed by atoms with Crippen LogP contribution in [0.25, 0.3) is 0 Å². The summed E-state index contributed by atoms with van der Waals surface area (Å²) in [4.78, 5) is 0. The molecule has 2 aliphatic rings. The first-order valence-corrected chi connectivity index (χ1v) is 10.7. The number of aliphatic hydroxyl groups excluding tert-OH is 2. The van der Waals surface area contributed by atoms with E-state index in [4.69, 9.17) is 0 Å². The minimum atomic E-state index is -3.68. The Bertz CT molecular complexity index is 716. The van der Waals surface area contributed by atoms with Crippen LogP contribution in [0.3, 0.4) is 0 Å². The van der Waals surface area contributed by atoms with Crippen molar-refractivity contribution in [3.63, 3.8) is 0 Å². The van der Waals surface area contributed by atoms with Gasteiger partial charge in [-0.3, -0.25) is 0 Å². The van der Waals surface area contributed by atoms with Crippen LogP contribution in [0.4, 0.5) is 0 Å². The molecule has 5 atom stereocenters. The molecule has 5 unspecified atom stereocenters. The average Bonchev–Trinajstić information content (AvgIpc) is 2.87. The highest BCUT2D eigenvalue weighted by atomic mass is 32.2. The zero-order valence-corrected chi connectivity index (χ0v) is 16.0. The van der Waals surface area contributed by atoms with Gasteiger partial charge in [-0.05, 0) is 43.1 Å². The van der Waals surface area contributed by atoms with Crippen molar-refractivity contribution in [2.45, 2.75) is 58.3 Å². The average molecular weight is 368 g/mol. The van der Waals surface area contributed by atoms with E-state index in [0.717, 1.165) is 18.4 Å². The highest BCUT2D eigenvalue weighted by Crippen LogP contribution is 2.66. The maximum Gasteiger partial charge on any atom is 0.212 e. The molecule has 0 aliphatic heterocycles. The lowest BCUT2D eigenvalue weighted by atomic mass is 9.70. The van der Waals surface area contributed by atoms with Crippen LogP contribution in [0.1, 0.15) is 51.6 Å². The lowest BCUT2D eigenvalue weighted by Crippen LogP contribution is -2.48. The molecule has 5 nitrogen and oxygen atoms in total. The van der Waals surface area contributed by atoms with E-state index in [1.165, 1.54) is 0 Å². The van der Waals surface area contributed by atoms with E-state index in [1.54, 1.807) is 19.1 Å². The smallest absolute Gasteiger partial charge is 0.212 e. The van der Waals surface area contributed by atoms with E-state index in [2.05, 4.69) is 18.6 Å². The van der Waals surface area contributed by atoms with Crippen molar-refractivity contribution < 1.29 is 18.6 Å². The van der Waals surface area contributed by atoms with Gasteiger partial charge >= 0.3 is 0 Å². The normalized spacial score (nSPS) is 33.3. The molecule has 3 N–H and O–H groups in total. The molecule has 2 bridgehead atoms. The van der Waals surface area contributed by atoms with E-state index >= 15 is 0 Å². The lowest BCUT2D eigenvalue weighted by molar-refractivity contribution is 0.0150. The SMILES string of the molecule is CC(O)C(NS(=O)(=O)CC12CCC(CC1O)C2(C)C)c1ccccc1. The van der Waals surface area contributed by atoms with Crippen LogP contribution in [0, 0.1) is 16.7 Å². The predicted octanol–water partition coefficient (Wildman–Crippen LogP) is 2.22. The molecule has 0 amide bonds. The third-order valence-corrected chi connectivity index (χ3v) is 8.29. The van der Waals surface area contributed by atoms with Crippen molar-refractivity contribution in [3.8, 4) is 0 Å². The van der Waals surface area contributed by atoms with Gasteiger partial charge in [0.1, 0.15) is 0 Å². The number of rotatable bonds is 6. The molecule has 140 valence electrons.